The van der Waals surface area contributed by atoms with Crippen molar-refractivity contribution in [1.82, 2.24) is 0 Å². The SMILES string of the molecule is Cc1ccc(NC(N)=NC2CC23CCCC3)cc1C.I. The van der Waals surface area contributed by atoms with Crippen molar-refractivity contribution in [2.24, 2.45) is 16.1 Å². The van der Waals surface area contributed by atoms with Crippen molar-refractivity contribution in [2.45, 2.75) is 52.0 Å². The van der Waals surface area contributed by atoms with Gasteiger partial charge in [0, 0.05) is 5.69 Å². The Kier molecular flexibility index (Phi) is 4.62. The van der Waals surface area contributed by atoms with E-state index in [2.05, 4.69) is 42.4 Å². The molecule has 0 saturated heterocycles. The first kappa shape index (κ1) is 15.6. The van der Waals surface area contributed by atoms with E-state index in [1.165, 1.54) is 43.2 Å². The van der Waals surface area contributed by atoms with Crippen molar-refractivity contribution >= 4 is 35.6 Å². The summed E-state index contributed by atoms with van der Waals surface area (Å²) < 4.78 is 0. The fraction of sp³-hybridized carbons (Fsp3) is 0.562. The third-order valence-corrected chi connectivity index (χ3v) is 4.82. The Balaban J connectivity index is 0.00000147. The first-order valence-corrected chi connectivity index (χ1v) is 7.27. The molecule has 2 saturated carbocycles. The van der Waals surface area contributed by atoms with E-state index in [4.69, 9.17) is 5.73 Å². The number of nitrogens with zero attached hydrogens (tertiary/aromatic N) is 1. The molecular formula is C16H24IN3. The Morgan fingerprint density at radius 1 is 1.25 bits per heavy atom. The monoisotopic (exact) mass is 385 g/mol. The molecule has 0 bridgehead atoms. The third kappa shape index (κ3) is 3.10. The summed E-state index contributed by atoms with van der Waals surface area (Å²) in [6, 6.07) is 6.76. The minimum absolute atomic E-state index is 0. The number of aryl methyl sites for hydroxylation is 2. The van der Waals surface area contributed by atoms with Crippen LogP contribution in [0, 0.1) is 19.3 Å². The average Bonchev–Trinajstić information content (AvgIpc) is 2.81. The van der Waals surface area contributed by atoms with Gasteiger partial charge in [0.25, 0.3) is 0 Å². The summed E-state index contributed by atoms with van der Waals surface area (Å²) in [5.41, 5.74) is 10.2. The van der Waals surface area contributed by atoms with Crippen LogP contribution in [-0.4, -0.2) is 12.0 Å². The smallest absolute Gasteiger partial charge is 0.193 e. The standard InChI is InChI=1S/C16H23N3.HI/c1-11-5-6-13(9-12(11)2)18-15(17)19-14-10-16(14)7-3-4-8-16;/h5-6,9,14H,3-4,7-8,10H2,1-2H3,(H3,17,18,19);1H. The summed E-state index contributed by atoms with van der Waals surface area (Å²) in [6.45, 7) is 4.23. The molecule has 2 aliphatic carbocycles. The lowest BCUT2D eigenvalue weighted by molar-refractivity contribution is 0.511. The molecule has 20 heavy (non-hydrogen) atoms. The van der Waals surface area contributed by atoms with E-state index in [9.17, 15) is 0 Å². The molecular weight excluding hydrogens is 361 g/mol. The van der Waals surface area contributed by atoms with Crippen LogP contribution in [0.4, 0.5) is 5.69 Å². The Hall–Kier alpha value is -0.780. The van der Waals surface area contributed by atoms with Crippen molar-refractivity contribution in [3.63, 3.8) is 0 Å². The molecule has 0 heterocycles. The minimum Gasteiger partial charge on any atom is -0.370 e. The summed E-state index contributed by atoms with van der Waals surface area (Å²) in [7, 11) is 0. The Bertz CT molecular complexity index is 518. The molecule has 2 aliphatic rings. The van der Waals surface area contributed by atoms with Gasteiger partial charge in [0.2, 0.25) is 0 Å². The lowest BCUT2D eigenvalue weighted by Gasteiger charge is -2.09. The van der Waals surface area contributed by atoms with Crippen LogP contribution in [-0.2, 0) is 0 Å². The molecule has 1 aromatic carbocycles. The van der Waals surface area contributed by atoms with E-state index in [0.29, 0.717) is 17.4 Å². The molecule has 110 valence electrons. The molecule has 3 rings (SSSR count). The zero-order valence-corrected chi connectivity index (χ0v) is 14.6. The van der Waals surface area contributed by atoms with Gasteiger partial charge in [0.05, 0.1) is 6.04 Å². The van der Waals surface area contributed by atoms with Crippen molar-refractivity contribution in [3.05, 3.63) is 29.3 Å². The fourth-order valence-electron chi connectivity index (χ4n) is 3.29. The highest BCUT2D eigenvalue weighted by atomic mass is 127. The van der Waals surface area contributed by atoms with E-state index in [-0.39, 0.29) is 24.0 Å². The first-order chi connectivity index (χ1) is 9.09. The van der Waals surface area contributed by atoms with Crippen LogP contribution in [0.2, 0.25) is 0 Å². The zero-order chi connectivity index (χ0) is 13.5. The Morgan fingerprint density at radius 3 is 2.60 bits per heavy atom. The lowest BCUT2D eigenvalue weighted by Crippen LogP contribution is -2.23. The number of nitrogens with one attached hydrogen (secondary N) is 1. The molecule has 1 aromatic rings. The van der Waals surface area contributed by atoms with Crippen LogP contribution >= 0.6 is 24.0 Å². The van der Waals surface area contributed by atoms with Gasteiger partial charge >= 0.3 is 0 Å². The van der Waals surface area contributed by atoms with Gasteiger partial charge in [-0.05, 0) is 61.8 Å². The minimum atomic E-state index is 0. The summed E-state index contributed by atoms with van der Waals surface area (Å²) in [6.07, 6.45) is 6.67. The molecule has 1 spiro atoms. The maximum Gasteiger partial charge on any atom is 0.193 e. The maximum atomic E-state index is 6.02. The largest absolute Gasteiger partial charge is 0.370 e. The number of aliphatic imine (C=N–C) groups is 1. The second kappa shape index (κ2) is 5.92. The molecule has 2 fully saturated rings. The number of nitrogens with two attached hydrogens (primary N) is 1. The second-order valence-corrected chi connectivity index (χ2v) is 6.23. The number of halogens is 1. The van der Waals surface area contributed by atoms with Crippen molar-refractivity contribution < 1.29 is 0 Å². The number of hydrogen-bond donors (Lipinski definition) is 2. The highest BCUT2D eigenvalue weighted by Crippen LogP contribution is 2.59. The molecule has 1 unspecified atom stereocenters. The van der Waals surface area contributed by atoms with E-state index in [1.54, 1.807) is 0 Å². The van der Waals surface area contributed by atoms with E-state index in [1.807, 2.05) is 0 Å². The van der Waals surface area contributed by atoms with Crippen LogP contribution in [0.25, 0.3) is 0 Å². The van der Waals surface area contributed by atoms with Crippen LogP contribution in [0.3, 0.4) is 0 Å². The predicted molar refractivity (Wildman–Crippen MR) is 95.9 cm³/mol. The zero-order valence-electron chi connectivity index (χ0n) is 12.3. The van der Waals surface area contributed by atoms with Crippen LogP contribution in [0.1, 0.15) is 43.2 Å². The molecule has 1 atom stereocenters. The predicted octanol–water partition coefficient (Wildman–Crippen LogP) is 3.98. The van der Waals surface area contributed by atoms with Gasteiger partial charge in [-0.3, -0.25) is 0 Å². The molecule has 3 nitrogen and oxygen atoms in total. The summed E-state index contributed by atoms with van der Waals surface area (Å²) in [4.78, 5) is 4.65. The molecule has 4 heteroatoms. The van der Waals surface area contributed by atoms with Gasteiger partial charge in [0.1, 0.15) is 0 Å². The van der Waals surface area contributed by atoms with Crippen LogP contribution < -0.4 is 11.1 Å². The molecule has 3 N–H and O–H groups in total. The highest BCUT2D eigenvalue weighted by molar-refractivity contribution is 14.0. The third-order valence-electron chi connectivity index (χ3n) is 4.82. The summed E-state index contributed by atoms with van der Waals surface area (Å²) in [5, 5.41) is 3.22. The van der Waals surface area contributed by atoms with Crippen LogP contribution in [0.15, 0.2) is 23.2 Å². The van der Waals surface area contributed by atoms with Gasteiger partial charge in [-0.25, -0.2) is 4.99 Å². The highest BCUT2D eigenvalue weighted by Gasteiger charge is 2.55. The lowest BCUT2D eigenvalue weighted by atomic mass is 10.1. The molecule has 0 aromatic heterocycles. The number of benzene rings is 1. The van der Waals surface area contributed by atoms with Gasteiger partial charge < -0.3 is 11.1 Å². The fourth-order valence-corrected chi connectivity index (χ4v) is 3.29. The van der Waals surface area contributed by atoms with Crippen molar-refractivity contribution in [2.75, 3.05) is 5.32 Å². The molecule has 0 radical (unpaired) electrons. The number of hydrogen-bond acceptors (Lipinski definition) is 1. The average molecular weight is 385 g/mol. The number of rotatable bonds is 2. The van der Waals surface area contributed by atoms with Crippen LogP contribution in [0.5, 0.6) is 0 Å². The molecule has 0 aliphatic heterocycles. The van der Waals surface area contributed by atoms with E-state index < -0.39 is 0 Å². The second-order valence-electron chi connectivity index (χ2n) is 6.23. The Morgan fingerprint density at radius 2 is 1.95 bits per heavy atom. The summed E-state index contributed by atoms with van der Waals surface area (Å²) in [5.74, 6) is 0.567. The quantitative estimate of drug-likeness (QED) is 0.460. The van der Waals surface area contributed by atoms with Gasteiger partial charge in [-0.15, -0.1) is 24.0 Å². The summed E-state index contributed by atoms with van der Waals surface area (Å²) >= 11 is 0. The van der Waals surface area contributed by atoms with Crippen molar-refractivity contribution in [3.8, 4) is 0 Å². The van der Waals surface area contributed by atoms with E-state index >= 15 is 0 Å². The van der Waals surface area contributed by atoms with Crippen molar-refractivity contribution in [1.29, 1.82) is 0 Å². The topological polar surface area (TPSA) is 50.4 Å². The first-order valence-electron chi connectivity index (χ1n) is 7.27. The maximum absolute atomic E-state index is 6.02. The number of anilines is 1. The molecule has 0 amide bonds. The van der Waals surface area contributed by atoms with Gasteiger partial charge in [-0.2, -0.15) is 0 Å². The normalized spacial score (nSPS) is 23.5. The van der Waals surface area contributed by atoms with Gasteiger partial charge in [-0.1, -0.05) is 18.9 Å². The van der Waals surface area contributed by atoms with Gasteiger partial charge in [0.15, 0.2) is 5.96 Å². The Labute approximate surface area is 138 Å². The number of guanidine groups is 1. The van der Waals surface area contributed by atoms with E-state index in [0.717, 1.165) is 5.69 Å².